The summed E-state index contributed by atoms with van der Waals surface area (Å²) in [5.41, 5.74) is 2.99. The Balaban J connectivity index is 1.96. The van der Waals surface area contributed by atoms with Crippen molar-refractivity contribution in [1.29, 1.82) is 0 Å². The Morgan fingerprint density at radius 2 is 2.24 bits per heavy atom. The van der Waals surface area contributed by atoms with Gasteiger partial charge in [0.2, 0.25) is 0 Å². The molecule has 5 nitrogen and oxygen atoms in total. The van der Waals surface area contributed by atoms with Crippen LogP contribution in [0.15, 0.2) is 52.2 Å². The maximum Gasteiger partial charge on any atom is 0.307 e. The second-order valence-corrected chi connectivity index (χ2v) is 3.27. The Labute approximate surface area is 97.4 Å². The number of rotatable bonds is 3. The molecule has 17 heavy (non-hydrogen) atoms. The van der Waals surface area contributed by atoms with E-state index in [4.69, 9.17) is 4.42 Å². The molecule has 0 aliphatic carbocycles. The van der Waals surface area contributed by atoms with Crippen LogP contribution < -0.4 is 5.43 Å². The number of carbonyl (C=O) groups excluding carboxylic acids is 1. The van der Waals surface area contributed by atoms with Crippen LogP contribution >= 0.6 is 0 Å². The Morgan fingerprint density at radius 1 is 1.35 bits per heavy atom. The van der Waals surface area contributed by atoms with Gasteiger partial charge in [0.15, 0.2) is 5.76 Å². The van der Waals surface area contributed by atoms with Crippen LogP contribution in [0.3, 0.4) is 0 Å². The van der Waals surface area contributed by atoms with E-state index in [0.29, 0.717) is 5.56 Å². The van der Waals surface area contributed by atoms with Crippen LogP contribution in [0.5, 0.6) is 5.75 Å². The fraction of sp³-hybridized carbons (Fsp3) is 0. The van der Waals surface area contributed by atoms with Gasteiger partial charge >= 0.3 is 5.91 Å². The summed E-state index contributed by atoms with van der Waals surface area (Å²) in [7, 11) is 0. The Bertz CT molecular complexity index is 532. The van der Waals surface area contributed by atoms with Gasteiger partial charge in [-0.3, -0.25) is 4.79 Å². The Morgan fingerprint density at radius 3 is 2.94 bits per heavy atom. The number of hydrogen-bond acceptors (Lipinski definition) is 4. The Kier molecular flexibility index (Phi) is 3.20. The molecular formula is C12H10N2O3. The molecule has 2 N–H and O–H groups in total. The van der Waals surface area contributed by atoms with Crippen molar-refractivity contribution in [2.75, 3.05) is 0 Å². The molecule has 0 saturated heterocycles. The fourth-order valence-electron chi connectivity index (χ4n) is 1.23. The van der Waals surface area contributed by atoms with Crippen molar-refractivity contribution in [1.82, 2.24) is 5.43 Å². The number of carbonyl (C=O) groups is 1. The highest BCUT2D eigenvalue weighted by molar-refractivity contribution is 5.92. The van der Waals surface area contributed by atoms with Gasteiger partial charge in [0.1, 0.15) is 5.75 Å². The average Bonchev–Trinajstić information content (AvgIpc) is 2.82. The molecule has 2 aromatic rings. The zero-order chi connectivity index (χ0) is 12.1. The van der Waals surface area contributed by atoms with Gasteiger partial charge in [-0.15, -0.1) is 0 Å². The van der Waals surface area contributed by atoms with Crippen LogP contribution in [-0.4, -0.2) is 17.2 Å². The fourth-order valence-corrected chi connectivity index (χ4v) is 1.23. The second kappa shape index (κ2) is 4.98. The first-order valence-electron chi connectivity index (χ1n) is 4.91. The van der Waals surface area contributed by atoms with E-state index in [-0.39, 0.29) is 11.5 Å². The van der Waals surface area contributed by atoms with Crippen molar-refractivity contribution in [3.8, 4) is 5.75 Å². The largest absolute Gasteiger partial charge is 0.508 e. The lowest BCUT2D eigenvalue weighted by Crippen LogP contribution is -2.16. The summed E-state index contributed by atoms with van der Waals surface area (Å²) in [5, 5.41) is 13.0. The van der Waals surface area contributed by atoms with E-state index in [0.717, 1.165) is 0 Å². The van der Waals surface area contributed by atoms with Gasteiger partial charge in [0.25, 0.3) is 0 Å². The van der Waals surface area contributed by atoms with Gasteiger partial charge < -0.3 is 9.52 Å². The monoisotopic (exact) mass is 230 g/mol. The topological polar surface area (TPSA) is 74.8 Å². The molecule has 5 heteroatoms. The predicted molar refractivity (Wildman–Crippen MR) is 61.9 cm³/mol. The Hall–Kier alpha value is -2.56. The smallest absolute Gasteiger partial charge is 0.307 e. The lowest BCUT2D eigenvalue weighted by molar-refractivity contribution is 0.0927. The highest BCUT2D eigenvalue weighted by atomic mass is 16.3. The molecule has 0 bridgehead atoms. The molecule has 1 amide bonds. The predicted octanol–water partition coefficient (Wildman–Crippen LogP) is 1.75. The maximum atomic E-state index is 11.4. The van der Waals surface area contributed by atoms with Gasteiger partial charge in [-0.25, -0.2) is 5.43 Å². The van der Waals surface area contributed by atoms with Crippen LogP contribution in [0.1, 0.15) is 16.1 Å². The van der Waals surface area contributed by atoms with Crippen LogP contribution in [0.25, 0.3) is 0 Å². The summed E-state index contributed by atoms with van der Waals surface area (Å²) < 4.78 is 4.89. The van der Waals surface area contributed by atoms with Crippen LogP contribution in [0, 0.1) is 0 Å². The summed E-state index contributed by atoms with van der Waals surface area (Å²) in [6.45, 7) is 0. The molecule has 1 aromatic carbocycles. The number of hydrogen-bond donors (Lipinski definition) is 2. The van der Waals surface area contributed by atoms with Gasteiger partial charge in [-0.05, 0) is 29.8 Å². The maximum absolute atomic E-state index is 11.4. The third-order valence-electron chi connectivity index (χ3n) is 1.99. The minimum Gasteiger partial charge on any atom is -0.508 e. The first-order valence-corrected chi connectivity index (χ1v) is 4.91. The molecule has 0 spiro atoms. The molecule has 0 aliphatic rings. The SMILES string of the molecule is O=C(NN=Cc1cccc(O)c1)c1ccco1. The summed E-state index contributed by atoms with van der Waals surface area (Å²) >= 11 is 0. The lowest BCUT2D eigenvalue weighted by Gasteiger charge is -1.96. The van der Waals surface area contributed by atoms with Crippen molar-refractivity contribution in [2.24, 2.45) is 5.10 Å². The number of nitrogens with one attached hydrogen (secondary N) is 1. The molecule has 2 rings (SSSR count). The van der Waals surface area contributed by atoms with E-state index < -0.39 is 5.91 Å². The van der Waals surface area contributed by atoms with Crippen molar-refractivity contribution in [3.63, 3.8) is 0 Å². The van der Waals surface area contributed by atoms with Crippen LogP contribution in [0.4, 0.5) is 0 Å². The molecule has 0 unspecified atom stereocenters. The minimum atomic E-state index is -0.425. The highest BCUT2D eigenvalue weighted by Gasteiger charge is 2.05. The second-order valence-electron chi connectivity index (χ2n) is 3.27. The van der Waals surface area contributed by atoms with Crippen LogP contribution in [0.2, 0.25) is 0 Å². The number of nitrogens with zero attached hydrogens (tertiary/aromatic N) is 1. The zero-order valence-electron chi connectivity index (χ0n) is 8.83. The van der Waals surface area contributed by atoms with E-state index >= 15 is 0 Å². The zero-order valence-corrected chi connectivity index (χ0v) is 8.83. The molecule has 1 heterocycles. The van der Waals surface area contributed by atoms with Gasteiger partial charge in [-0.1, -0.05) is 12.1 Å². The third kappa shape index (κ3) is 2.94. The highest BCUT2D eigenvalue weighted by Crippen LogP contribution is 2.08. The first kappa shape index (κ1) is 10.9. The summed E-state index contributed by atoms with van der Waals surface area (Å²) in [6, 6.07) is 9.68. The van der Waals surface area contributed by atoms with Crippen molar-refractivity contribution in [3.05, 3.63) is 54.0 Å². The minimum absolute atomic E-state index is 0.145. The average molecular weight is 230 g/mol. The number of aromatic hydroxyl groups is 1. The molecule has 0 saturated carbocycles. The van der Waals surface area contributed by atoms with Crippen molar-refractivity contribution >= 4 is 12.1 Å². The summed E-state index contributed by atoms with van der Waals surface area (Å²) in [6.07, 6.45) is 2.84. The molecule has 0 radical (unpaired) electrons. The van der Waals surface area contributed by atoms with E-state index in [1.807, 2.05) is 0 Å². The molecular weight excluding hydrogens is 220 g/mol. The van der Waals surface area contributed by atoms with Gasteiger partial charge in [0, 0.05) is 0 Å². The van der Waals surface area contributed by atoms with Crippen LogP contribution in [-0.2, 0) is 0 Å². The van der Waals surface area contributed by atoms with Gasteiger partial charge in [0.05, 0.1) is 12.5 Å². The van der Waals surface area contributed by atoms with Crippen molar-refractivity contribution in [2.45, 2.75) is 0 Å². The molecule has 0 fully saturated rings. The first-order chi connectivity index (χ1) is 8.25. The third-order valence-corrected chi connectivity index (χ3v) is 1.99. The van der Waals surface area contributed by atoms with Crippen molar-refractivity contribution < 1.29 is 14.3 Å². The molecule has 0 aliphatic heterocycles. The number of furan rings is 1. The lowest BCUT2D eigenvalue weighted by atomic mass is 10.2. The number of benzene rings is 1. The number of amides is 1. The normalized spacial score (nSPS) is 10.6. The van der Waals surface area contributed by atoms with E-state index in [2.05, 4.69) is 10.5 Å². The summed E-state index contributed by atoms with van der Waals surface area (Å²) in [4.78, 5) is 11.4. The van der Waals surface area contributed by atoms with E-state index in [9.17, 15) is 9.90 Å². The summed E-state index contributed by atoms with van der Waals surface area (Å²) in [5.74, 6) is -0.0872. The van der Waals surface area contributed by atoms with E-state index in [1.165, 1.54) is 18.5 Å². The number of phenolic OH excluding ortho intramolecular Hbond substituents is 1. The standard InChI is InChI=1S/C12H10N2O3/c15-10-4-1-3-9(7-10)8-13-14-12(16)11-5-2-6-17-11/h1-8,15H,(H,14,16). The molecule has 0 atom stereocenters. The number of phenols is 1. The quantitative estimate of drug-likeness (QED) is 0.623. The molecule has 1 aromatic heterocycles. The number of hydrazone groups is 1. The van der Waals surface area contributed by atoms with E-state index in [1.54, 1.807) is 30.3 Å². The molecule has 86 valence electrons. The van der Waals surface area contributed by atoms with Gasteiger partial charge in [-0.2, -0.15) is 5.10 Å².